The molecule has 0 spiro atoms. The van der Waals surface area contributed by atoms with E-state index < -0.39 is 0 Å². The fraction of sp³-hybridized carbons (Fsp3) is 0.292. The fourth-order valence-corrected chi connectivity index (χ4v) is 4.11. The van der Waals surface area contributed by atoms with Gasteiger partial charge in [-0.2, -0.15) is 0 Å². The number of rotatable bonds is 4. The molecule has 0 bridgehead atoms. The maximum Gasteiger partial charge on any atom is 0.253 e. The van der Waals surface area contributed by atoms with E-state index in [0.29, 0.717) is 44.3 Å². The van der Waals surface area contributed by atoms with Crippen LogP contribution in [0.3, 0.4) is 0 Å². The van der Waals surface area contributed by atoms with Crippen molar-refractivity contribution in [3.05, 3.63) is 65.0 Å². The van der Waals surface area contributed by atoms with E-state index in [1.165, 1.54) is 0 Å². The molecule has 0 aliphatic carbocycles. The average Bonchev–Trinajstić information content (AvgIpc) is 3.11. The van der Waals surface area contributed by atoms with E-state index in [1.54, 1.807) is 0 Å². The molecule has 3 heterocycles. The Morgan fingerprint density at radius 1 is 0.903 bits per heavy atom. The number of aryl methyl sites for hydroxylation is 1. The van der Waals surface area contributed by atoms with E-state index in [4.69, 9.17) is 18.9 Å². The molecule has 1 N–H and O–H groups in total. The maximum absolute atomic E-state index is 13.0. The third kappa shape index (κ3) is 3.56. The summed E-state index contributed by atoms with van der Waals surface area (Å²) in [6.45, 7) is 6.42. The number of nitrogens with one attached hydrogen (secondary N) is 1. The Kier molecular flexibility index (Phi) is 4.94. The molecule has 0 unspecified atom stereocenters. The van der Waals surface area contributed by atoms with Crippen molar-refractivity contribution in [1.29, 1.82) is 0 Å². The summed E-state index contributed by atoms with van der Waals surface area (Å²) in [6, 6.07) is 13.5. The highest BCUT2D eigenvalue weighted by Gasteiger charge is 2.20. The quantitative estimate of drug-likeness (QED) is 0.699. The minimum absolute atomic E-state index is 0.133. The van der Waals surface area contributed by atoms with Crippen molar-refractivity contribution in [2.75, 3.05) is 26.4 Å². The summed E-state index contributed by atoms with van der Waals surface area (Å²) >= 11 is 0. The third-order valence-corrected chi connectivity index (χ3v) is 5.55. The smallest absolute Gasteiger partial charge is 0.253 e. The molecule has 0 fully saturated rings. The number of carbonyl (C=O) groups excluding carboxylic acids is 1. The van der Waals surface area contributed by atoms with Gasteiger partial charge in [-0.05, 0) is 38.1 Å². The number of carbonyl (C=O) groups is 1. The minimum Gasteiger partial charge on any atom is -0.486 e. The van der Waals surface area contributed by atoms with Crippen LogP contribution in [0, 0.1) is 13.8 Å². The molecule has 2 aromatic carbocycles. The number of benzene rings is 2. The number of para-hydroxylation sites is 1. The summed E-state index contributed by atoms with van der Waals surface area (Å²) in [6.07, 6.45) is 0. The van der Waals surface area contributed by atoms with Crippen molar-refractivity contribution in [3.63, 3.8) is 0 Å². The molecular formula is C24H24N2O5. The topological polar surface area (TPSA) is 71.0 Å². The standard InChI is InChI=1S/C24H24N2O5/c1-15-12-19(16(2)26(15)18-6-7-20-22(13-18)30-9-8-28-20)24(27)25-14-17-4-3-5-21-23(17)31-11-10-29-21/h3-7,12-13H,8-11,14H2,1-2H3,(H,25,27). The van der Waals surface area contributed by atoms with Gasteiger partial charge in [-0.15, -0.1) is 0 Å². The fourth-order valence-electron chi connectivity index (χ4n) is 4.11. The second-order valence-electron chi connectivity index (χ2n) is 7.57. The van der Waals surface area contributed by atoms with Gasteiger partial charge in [-0.25, -0.2) is 0 Å². The van der Waals surface area contributed by atoms with Crippen LogP contribution in [0.5, 0.6) is 23.0 Å². The van der Waals surface area contributed by atoms with Gasteiger partial charge in [0.15, 0.2) is 23.0 Å². The molecule has 0 saturated heterocycles. The van der Waals surface area contributed by atoms with Gasteiger partial charge in [0.2, 0.25) is 0 Å². The highest BCUT2D eigenvalue weighted by atomic mass is 16.6. The number of hydrogen-bond acceptors (Lipinski definition) is 5. The molecule has 3 aromatic rings. The second kappa shape index (κ2) is 7.91. The molecule has 1 aromatic heterocycles. The lowest BCUT2D eigenvalue weighted by Gasteiger charge is -2.21. The number of hydrogen-bond donors (Lipinski definition) is 1. The first-order valence-corrected chi connectivity index (χ1v) is 10.4. The Balaban J connectivity index is 1.38. The van der Waals surface area contributed by atoms with E-state index in [-0.39, 0.29) is 5.91 Å². The van der Waals surface area contributed by atoms with Gasteiger partial charge < -0.3 is 28.8 Å². The van der Waals surface area contributed by atoms with E-state index in [2.05, 4.69) is 9.88 Å². The molecule has 160 valence electrons. The lowest BCUT2D eigenvalue weighted by atomic mass is 10.1. The highest BCUT2D eigenvalue weighted by Crippen LogP contribution is 2.35. The Hall–Kier alpha value is -3.61. The Morgan fingerprint density at radius 2 is 1.65 bits per heavy atom. The predicted octanol–water partition coefficient (Wildman–Crippen LogP) is 3.57. The number of aromatic nitrogens is 1. The number of ether oxygens (including phenoxy) is 4. The van der Waals surface area contributed by atoms with Crippen molar-refractivity contribution in [1.82, 2.24) is 9.88 Å². The predicted molar refractivity (Wildman–Crippen MR) is 115 cm³/mol. The van der Waals surface area contributed by atoms with Gasteiger partial charge in [0.25, 0.3) is 5.91 Å². The van der Waals surface area contributed by atoms with Crippen LogP contribution in [-0.4, -0.2) is 36.9 Å². The number of fused-ring (bicyclic) bond motifs is 2. The van der Waals surface area contributed by atoms with Crippen molar-refractivity contribution >= 4 is 5.91 Å². The number of nitrogens with zero attached hydrogens (tertiary/aromatic N) is 1. The molecule has 1 amide bonds. The van der Waals surface area contributed by atoms with Gasteiger partial charge >= 0.3 is 0 Å². The van der Waals surface area contributed by atoms with E-state index in [1.807, 2.05) is 56.3 Å². The minimum atomic E-state index is -0.133. The van der Waals surface area contributed by atoms with Crippen molar-refractivity contribution < 1.29 is 23.7 Å². The van der Waals surface area contributed by atoms with Crippen LogP contribution in [0.25, 0.3) is 5.69 Å². The average molecular weight is 420 g/mol. The molecule has 2 aliphatic heterocycles. The molecular weight excluding hydrogens is 396 g/mol. The van der Waals surface area contributed by atoms with E-state index in [0.717, 1.165) is 39.9 Å². The van der Waals surface area contributed by atoms with Crippen molar-refractivity contribution in [2.45, 2.75) is 20.4 Å². The Labute approximate surface area is 180 Å². The van der Waals surface area contributed by atoms with Crippen LogP contribution >= 0.6 is 0 Å². The first-order valence-electron chi connectivity index (χ1n) is 10.4. The van der Waals surface area contributed by atoms with Crippen LogP contribution < -0.4 is 24.3 Å². The van der Waals surface area contributed by atoms with E-state index in [9.17, 15) is 4.79 Å². The normalized spacial score (nSPS) is 14.3. The van der Waals surface area contributed by atoms with Gasteiger partial charge in [0, 0.05) is 35.2 Å². The SMILES string of the molecule is Cc1cc(C(=O)NCc2cccc3c2OCCO3)c(C)n1-c1ccc2c(c1)OCCO2. The maximum atomic E-state index is 13.0. The van der Waals surface area contributed by atoms with Crippen LogP contribution in [0.2, 0.25) is 0 Å². The summed E-state index contributed by atoms with van der Waals surface area (Å²) in [5, 5.41) is 3.02. The molecule has 31 heavy (non-hydrogen) atoms. The van der Waals surface area contributed by atoms with E-state index >= 15 is 0 Å². The van der Waals surface area contributed by atoms with Crippen LogP contribution in [0.1, 0.15) is 27.3 Å². The van der Waals surface area contributed by atoms with Crippen LogP contribution in [-0.2, 0) is 6.54 Å². The zero-order valence-electron chi connectivity index (χ0n) is 17.6. The van der Waals surface area contributed by atoms with Crippen LogP contribution in [0.4, 0.5) is 0 Å². The first-order chi connectivity index (χ1) is 15.1. The summed E-state index contributed by atoms with van der Waals surface area (Å²) in [7, 11) is 0. The monoisotopic (exact) mass is 420 g/mol. The zero-order chi connectivity index (χ0) is 21.4. The Bertz CT molecular complexity index is 1150. The van der Waals surface area contributed by atoms with Gasteiger partial charge in [0.05, 0.1) is 5.56 Å². The molecule has 0 radical (unpaired) electrons. The Morgan fingerprint density at radius 3 is 2.48 bits per heavy atom. The van der Waals surface area contributed by atoms with Gasteiger partial charge in [0.1, 0.15) is 26.4 Å². The molecule has 0 atom stereocenters. The summed E-state index contributed by atoms with van der Waals surface area (Å²) in [4.78, 5) is 13.0. The number of amides is 1. The first kappa shape index (κ1) is 19.4. The highest BCUT2D eigenvalue weighted by molar-refractivity contribution is 5.96. The molecule has 7 nitrogen and oxygen atoms in total. The zero-order valence-corrected chi connectivity index (χ0v) is 17.6. The molecule has 5 rings (SSSR count). The lowest BCUT2D eigenvalue weighted by Crippen LogP contribution is -2.24. The molecule has 2 aliphatic rings. The summed E-state index contributed by atoms with van der Waals surface area (Å²) < 4.78 is 24.7. The van der Waals surface area contributed by atoms with Crippen molar-refractivity contribution in [3.8, 4) is 28.7 Å². The van der Waals surface area contributed by atoms with Crippen LogP contribution in [0.15, 0.2) is 42.5 Å². The lowest BCUT2D eigenvalue weighted by molar-refractivity contribution is 0.0949. The third-order valence-electron chi connectivity index (χ3n) is 5.55. The molecule has 7 heteroatoms. The summed E-state index contributed by atoms with van der Waals surface area (Å²) in [5.74, 6) is 2.75. The van der Waals surface area contributed by atoms with Gasteiger partial charge in [-0.3, -0.25) is 4.79 Å². The largest absolute Gasteiger partial charge is 0.486 e. The molecule has 0 saturated carbocycles. The van der Waals surface area contributed by atoms with Crippen molar-refractivity contribution in [2.24, 2.45) is 0 Å². The summed E-state index contributed by atoms with van der Waals surface area (Å²) in [5.41, 5.74) is 4.29. The van der Waals surface area contributed by atoms with Gasteiger partial charge in [-0.1, -0.05) is 12.1 Å². The second-order valence-corrected chi connectivity index (χ2v) is 7.57.